The van der Waals surface area contributed by atoms with E-state index in [9.17, 15) is 49.2 Å². The van der Waals surface area contributed by atoms with Crippen molar-refractivity contribution >= 4 is 41.5 Å². The number of Topliss-reactive ketones (excluding diaryl/α,β-unsaturated/α-hetero) is 1. The number of carbonyl (C=O) groups is 7. The maximum absolute atomic E-state index is 15.7. The molecule has 3 aromatic carbocycles. The van der Waals surface area contributed by atoms with Gasteiger partial charge in [0.2, 0.25) is 0 Å². The molecule has 0 radical (unpaired) electrons. The summed E-state index contributed by atoms with van der Waals surface area (Å²) in [6.45, 7) is 6.54. The zero-order chi connectivity index (χ0) is 48.6. The Balaban J connectivity index is 1.38. The number of ketones is 1. The number of aliphatic hydroxyl groups excluding tert-OH is 2. The van der Waals surface area contributed by atoms with E-state index in [-0.39, 0.29) is 48.0 Å². The van der Waals surface area contributed by atoms with Gasteiger partial charge in [0.05, 0.1) is 35.6 Å². The van der Waals surface area contributed by atoms with Gasteiger partial charge in [-0.3, -0.25) is 24.0 Å². The number of fused-ring (bicyclic) bond motifs is 5. The van der Waals surface area contributed by atoms with Crippen molar-refractivity contribution < 1.29 is 77.7 Å². The maximum Gasteiger partial charge on any atom is 0.338 e. The molecule has 4 aliphatic rings. The minimum absolute atomic E-state index is 0.0210. The normalized spacial score (nSPS) is 30.3. The number of carboxylic acids is 1. The van der Waals surface area contributed by atoms with Crippen LogP contribution in [0.15, 0.2) is 102 Å². The number of esters is 4. The number of rotatable bonds is 14. The largest absolute Gasteiger partial charge is 0.481 e. The smallest absolute Gasteiger partial charge is 0.338 e. The second-order valence-corrected chi connectivity index (χ2v) is 18.5. The van der Waals surface area contributed by atoms with E-state index in [2.05, 4.69) is 5.32 Å². The fourth-order valence-corrected chi connectivity index (χ4v) is 10.6. The van der Waals surface area contributed by atoms with E-state index in [1.54, 1.807) is 78.9 Å². The molecule has 7 rings (SSSR count). The summed E-state index contributed by atoms with van der Waals surface area (Å²) < 4.78 is 30.6. The Morgan fingerprint density at radius 2 is 1.45 bits per heavy atom. The lowest BCUT2D eigenvalue weighted by molar-refractivity contribution is -0.346. The molecule has 1 amide bonds. The van der Waals surface area contributed by atoms with Crippen LogP contribution in [0, 0.1) is 16.7 Å². The van der Waals surface area contributed by atoms with E-state index < -0.39 is 125 Å². The van der Waals surface area contributed by atoms with E-state index in [4.69, 9.17) is 23.7 Å². The van der Waals surface area contributed by atoms with Gasteiger partial charge in [-0.15, -0.1) is 0 Å². The number of aliphatic carboxylic acids is 1. The molecule has 1 aliphatic heterocycles. The molecule has 0 aromatic heterocycles. The quantitative estimate of drug-likeness (QED) is 0.0871. The van der Waals surface area contributed by atoms with Crippen LogP contribution in [-0.4, -0.2) is 116 Å². The third-order valence-corrected chi connectivity index (χ3v) is 14.2. The summed E-state index contributed by atoms with van der Waals surface area (Å²) in [6, 6.07) is 22.6. The molecule has 67 heavy (non-hydrogen) atoms. The second kappa shape index (κ2) is 18.8. The number of benzene rings is 3. The summed E-state index contributed by atoms with van der Waals surface area (Å²) in [6.07, 6.45) is -12.0. The Kier molecular flexibility index (Phi) is 13.6. The van der Waals surface area contributed by atoms with Crippen LogP contribution in [0.4, 0.5) is 0 Å². The van der Waals surface area contributed by atoms with Crippen molar-refractivity contribution in [1.82, 2.24) is 5.32 Å². The molecule has 1 saturated heterocycles. The van der Waals surface area contributed by atoms with E-state index in [0.29, 0.717) is 5.56 Å². The number of ether oxygens (including phenoxy) is 5. The zero-order valence-electron chi connectivity index (χ0n) is 37.7. The van der Waals surface area contributed by atoms with Gasteiger partial charge in [-0.05, 0) is 61.2 Å². The third kappa shape index (κ3) is 8.76. The monoisotopic (exact) mass is 925 g/mol. The SMILES string of the molecule is CC(=O)O[C@H]1C(=O)[C@@]2(C)C(C(OC(=O)c3ccccc3)[C@]3(O)C[C@H](OC(=O)[C@H](O)[C@@H](NC(=O)c4ccccc4)c4ccccc4)C(C)=C1C3(C)C)[C@]1(OC(=O)CCCC(=O)O)CO[C@@H]1C[C@@H]2O. The molecular formula is C50H55NO16. The van der Waals surface area contributed by atoms with Gasteiger partial charge >= 0.3 is 29.8 Å². The summed E-state index contributed by atoms with van der Waals surface area (Å²) in [5.41, 5.74) is -7.63. The van der Waals surface area contributed by atoms with Gasteiger partial charge in [0.15, 0.2) is 23.6 Å². The third-order valence-electron chi connectivity index (χ3n) is 14.2. The minimum atomic E-state index is -2.48. The van der Waals surface area contributed by atoms with Crippen LogP contribution in [0.25, 0.3) is 0 Å². The van der Waals surface area contributed by atoms with Gasteiger partial charge < -0.3 is 49.4 Å². The number of carboxylic acid groups (broad SMARTS) is 1. The van der Waals surface area contributed by atoms with Gasteiger partial charge in [-0.1, -0.05) is 80.6 Å². The van der Waals surface area contributed by atoms with E-state index in [1.807, 2.05) is 0 Å². The number of hydrogen-bond acceptors (Lipinski definition) is 15. The summed E-state index contributed by atoms with van der Waals surface area (Å²) in [4.78, 5) is 96.2. The average Bonchev–Trinajstić information content (AvgIpc) is 3.29. The van der Waals surface area contributed by atoms with E-state index >= 15 is 4.79 Å². The molecule has 356 valence electrons. The molecule has 11 atom stereocenters. The van der Waals surface area contributed by atoms with Gasteiger partial charge in [0.25, 0.3) is 5.91 Å². The van der Waals surface area contributed by atoms with Gasteiger partial charge in [-0.2, -0.15) is 0 Å². The van der Waals surface area contributed by atoms with Crippen molar-refractivity contribution in [3.8, 4) is 0 Å². The van der Waals surface area contributed by atoms with Crippen molar-refractivity contribution in [2.45, 2.75) is 121 Å². The molecule has 3 aliphatic carbocycles. The number of carbonyl (C=O) groups excluding carboxylic acids is 6. The summed E-state index contributed by atoms with van der Waals surface area (Å²) in [5.74, 6) is -8.46. The standard InChI is InChI=1S/C50H55NO16/c1-27-32(65-46(61)39(57)38(29-16-9-6-10-17-29)51-44(59)30-18-11-7-12-19-30)25-50(62)43(66-45(60)31-20-13-8-14-21-31)41-48(5,42(58)40(64-28(2)52)37(27)47(50,3)4)33(53)24-34-49(41,26-63-34)67-36(56)23-15-22-35(54)55/h6-14,16-21,32-34,38-41,43,53,57,62H,15,22-26H2,1-5H3,(H,51,59)(H,54,55)/t32-,33-,34+,38-,39+,40+,41?,43?,48+,49-,50+/m0/s1. The van der Waals surface area contributed by atoms with Crippen LogP contribution in [0.5, 0.6) is 0 Å². The van der Waals surface area contributed by atoms with Crippen LogP contribution in [0.3, 0.4) is 0 Å². The second-order valence-electron chi connectivity index (χ2n) is 18.5. The molecule has 2 saturated carbocycles. The minimum Gasteiger partial charge on any atom is -0.481 e. The molecule has 2 unspecified atom stereocenters. The van der Waals surface area contributed by atoms with Crippen LogP contribution >= 0.6 is 0 Å². The molecule has 3 fully saturated rings. The Morgan fingerprint density at radius 3 is 2.01 bits per heavy atom. The molecule has 17 nitrogen and oxygen atoms in total. The highest BCUT2D eigenvalue weighted by Gasteiger charge is 2.78. The molecular weight excluding hydrogens is 871 g/mol. The first-order valence-corrected chi connectivity index (χ1v) is 22.1. The highest BCUT2D eigenvalue weighted by atomic mass is 16.6. The van der Waals surface area contributed by atoms with E-state index in [0.717, 1.165) is 6.92 Å². The lowest BCUT2D eigenvalue weighted by Gasteiger charge is -2.67. The highest BCUT2D eigenvalue weighted by Crippen LogP contribution is 2.64. The molecule has 17 heteroatoms. The Morgan fingerprint density at radius 1 is 0.851 bits per heavy atom. The lowest BCUT2D eigenvalue weighted by Crippen LogP contribution is -2.82. The molecule has 3 aromatic rings. The first-order chi connectivity index (χ1) is 31.7. The zero-order valence-corrected chi connectivity index (χ0v) is 37.7. The fraction of sp³-hybridized carbons (Fsp3) is 0.460. The number of amides is 1. The average molecular weight is 926 g/mol. The predicted molar refractivity (Wildman–Crippen MR) is 234 cm³/mol. The van der Waals surface area contributed by atoms with Gasteiger partial charge in [0.1, 0.15) is 23.9 Å². The van der Waals surface area contributed by atoms with Crippen LogP contribution in [0.1, 0.15) is 99.0 Å². The first kappa shape index (κ1) is 48.7. The summed E-state index contributed by atoms with van der Waals surface area (Å²) in [5, 5.41) is 49.8. The highest BCUT2D eigenvalue weighted by molar-refractivity contribution is 5.96. The summed E-state index contributed by atoms with van der Waals surface area (Å²) in [7, 11) is 0. The van der Waals surface area contributed by atoms with Crippen molar-refractivity contribution in [2.24, 2.45) is 16.7 Å². The number of nitrogens with one attached hydrogen (secondary N) is 1. The predicted octanol–water partition coefficient (Wildman–Crippen LogP) is 3.97. The molecule has 5 N–H and O–H groups in total. The van der Waals surface area contributed by atoms with Crippen molar-refractivity contribution in [3.05, 3.63) is 119 Å². The fourth-order valence-electron chi connectivity index (χ4n) is 10.6. The Labute approximate surface area is 386 Å². The molecule has 0 spiro atoms. The Bertz CT molecular complexity index is 2440. The lowest BCUT2D eigenvalue weighted by atomic mass is 9.44. The van der Waals surface area contributed by atoms with Crippen molar-refractivity contribution in [1.29, 1.82) is 0 Å². The topological polar surface area (TPSA) is 259 Å². The Hall–Kier alpha value is -6.27. The van der Waals surface area contributed by atoms with Crippen LogP contribution < -0.4 is 5.32 Å². The van der Waals surface area contributed by atoms with Crippen LogP contribution in [-0.2, 0) is 47.7 Å². The van der Waals surface area contributed by atoms with Crippen molar-refractivity contribution in [2.75, 3.05) is 6.61 Å². The van der Waals surface area contributed by atoms with Gasteiger partial charge in [-0.25, -0.2) is 9.59 Å². The van der Waals surface area contributed by atoms with Crippen molar-refractivity contribution in [3.63, 3.8) is 0 Å². The van der Waals surface area contributed by atoms with E-state index in [1.165, 1.54) is 39.8 Å². The first-order valence-electron chi connectivity index (χ1n) is 22.1. The molecule has 2 bridgehead atoms. The number of hydrogen-bond donors (Lipinski definition) is 5. The number of aliphatic hydroxyl groups is 3. The van der Waals surface area contributed by atoms with Gasteiger partial charge in [0, 0.05) is 43.6 Å². The summed E-state index contributed by atoms with van der Waals surface area (Å²) >= 11 is 0. The maximum atomic E-state index is 15.7. The van der Waals surface area contributed by atoms with Crippen LogP contribution in [0.2, 0.25) is 0 Å². The molecule has 1 heterocycles.